The second kappa shape index (κ2) is 8.50. The number of aliphatic hydroxyl groups excluding tert-OH is 1. The van der Waals surface area contributed by atoms with E-state index in [1.54, 1.807) is 0 Å². The largest absolute Gasteiger partial charge is 0.396 e. The molecule has 1 unspecified atom stereocenters. The third-order valence-electron chi connectivity index (χ3n) is 4.30. The predicted octanol–water partition coefficient (Wildman–Crippen LogP) is 3.05. The van der Waals surface area contributed by atoms with Gasteiger partial charge in [0.15, 0.2) is 0 Å². The Morgan fingerprint density at radius 3 is 2.45 bits per heavy atom. The summed E-state index contributed by atoms with van der Waals surface area (Å²) < 4.78 is 0. The van der Waals surface area contributed by atoms with Crippen molar-refractivity contribution in [3.8, 4) is 0 Å². The molecule has 1 atom stereocenters. The summed E-state index contributed by atoms with van der Waals surface area (Å²) in [6.45, 7) is 7.48. The zero-order chi connectivity index (χ0) is 15.0. The van der Waals surface area contributed by atoms with Crippen LogP contribution in [0.25, 0.3) is 0 Å². The predicted molar refractivity (Wildman–Crippen MR) is 82.7 cm³/mol. The molecule has 1 rings (SSSR count). The Bertz CT molecular complexity index is 286. The smallest absolute Gasteiger partial charge is 0.315 e. The lowest BCUT2D eigenvalue weighted by molar-refractivity contribution is 0.206. The van der Waals surface area contributed by atoms with E-state index in [0.717, 1.165) is 19.4 Å². The van der Waals surface area contributed by atoms with Crippen LogP contribution in [0, 0.1) is 11.3 Å². The first-order valence-corrected chi connectivity index (χ1v) is 8.13. The van der Waals surface area contributed by atoms with Gasteiger partial charge in [0.25, 0.3) is 0 Å². The van der Waals surface area contributed by atoms with Crippen LogP contribution in [0.5, 0.6) is 0 Å². The monoisotopic (exact) mass is 284 g/mol. The molecule has 0 saturated heterocycles. The summed E-state index contributed by atoms with van der Waals surface area (Å²) in [7, 11) is 0. The van der Waals surface area contributed by atoms with Gasteiger partial charge in [0.1, 0.15) is 0 Å². The molecule has 4 heteroatoms. The zero-order valence-corrected chi connectivity index (χ0v) is 13.4. The summed E-state index contributed by atoms with van der Waals surface area (Å²) in [5, 5.41) is 14.8. The molecule has 0 aromatic rings. The molecule has 0 aromatic heterocycles. The first-order chi connectivity index (χ1) is 9.47. The highest BCUT2D eigenvalue weighted by molar-refractivity contribution is 5.74. The Morgan fingerprint density at radius 2 is 1.90 bits per heavy atom. The van der Waals surface area contributed by atoms with Crippen molar-refractivity contribution in [3.63, 3.8) is 0 Å². The van der Waals surface area contributed by atoms with E-state index < -0.39 is 0 Å². The molecular formula is C16H32N2O2. The lowest BCUT2D eigenvalue weighted by atomic mass is 9.78. The van der Waals surface area contributed by atoms with Crippen molar-refractivity contribution in [1.29, 1.82) is 0 Å². The Kier molecular flexibility index (Phi) is 7.35. The van der Waals surface area contributed by atoms with E-state index in [0.29, 0.717) is 11.3 Å². The Morgan fingerprint density at radius 1 is 1.25 bits per heavy atom. The minimum atomic E-state index is -0.0644. The van der Waals surface area contributed by atoms with Gasteiger partial charge in [0.05, 0.1) is 0 Å². The number of urea groups is 1. The number of carbonyl (C=O) groups excluding carboxylic acids is 1. The highest BCUT2D eigenvalue weighted by Gasteiger charge is 2.34. The first kappa shape index (κ1) is 17.3. The van der Waals surface area contributed by atoms with E-state index in [9.17, 15) is 4.79 Å². The van der Waals surface area contributed by atoms with Crippen LogP contribution in [-0.4, -0.2) is 30.3 Å². The number of carbonyl (C=O) groups is 1. The van der Waals surface area contributed by atoms with Gasteiger partial charge in [-0.1, -0.05) is 26.7 Å². The molecule has 3 N–H and O–H groups in total. The molecule has 0 heterocycles. The fourth-order valence-electron chi connectivity index (χ4n) is 3.46. The molecule has 1 aliphatic carbocycles. The van der Waals surface area contributed by atoms with Crippen LogP contribution < -0.4 is 10.6 Å². The van der Waals surface area contributed by atoms with Gasteiger partial charge in [-0.3, -0.25) is 0 Å². The van der Waals surface area contributed by atoms with Gasteiger partial charge in [-0.15, -0.1) is 0 Å². The minimum Gasteiger partial charge on any atom is -0.396 e. The maximum absolute atomic E-state index is 11.9. The fourth-order valence-corrected chi connectivity index (χ4v) is 3.46. The Balaban J connectivity index is 2.34. The molecular weight excluding hydrogens is 252 g/mol. The summed E-state index contributed by atoms with van der Waals surface area (Å²) in [6.07, 6.45) is 7.83. The molecule has 1 fully saturated rings. The number of aliphatic hydroxyl groups is 1. The van der Waals surface area contributed by atoms with Crippen molar-refractivity contribution in [2.24, 2.45) is 11.3 Å². The quantitative estimate of drug-likeness (QED) is 0.641. The maximum Gasteiger partial charge on any atom is 0.315 e. The van der Waals surface area contributed by atoms with Crippen molar-refractivity contribution >= 4 is 6.03 Å². The van der Waals surface area contributed by atoms with Crippen LogP contribution in [0.4, 0.5) is 4.79 Å². The number of hydrogen-bond acceptors (Lipinski definition) is 2. The summed E-state index contributed by atoms with van der Waals surface area (Å²) in [5.41, 5.74) is 0.319. The molecule has 0 spiro atoms. The molecule has 118 valence electrons. The van der Waals surface area contributed by atoms with Gasteiger partial charge >= 0.3 is 6.03 Å². The van der Waals surface area contributed by atoms with Crippen LogP contribution >= 0.6 is 0 Å². The van der Waals surface area contributed by atoms with Crippen LogP contribution in [0.15, 0.2) is 0 Å². The summed E-state index contributed by atoms with van der Waals surface area (Å²) in [6, 6.07) is 0.0530. The fraction of sp³-hybridized carbons (Fsp3) is 0.938. The maximum atomic E-state index is 11.9. The van der Waals surface area contributed by atoms with Crippen molar-refractivity contribution in [1.82, 2.24) is 10.6 Å². The molecule has 1 aliphatic rings. The lowest BCUT2D eigenvalue weighted by Crippen LogP contribution is -2.45. The Hall–Kier alpha value is -0.770. The van der Waals surface area contributed by atoms with E-state index in [-0.39, 0.29) is 18.7 Å². The van der Waals surface area contributed by atoms with Crippen molar-refractivity contribution in [2.75, 3.05) is 13.2 Å². The summed E-state index contributed by atoms with van der Waals surface area (Å²) >= 11 is 0. The van der Waals surface area contributed by atoms with Gasteiger partial charge in [-0.25, -0.2) is 4.79 Å². The summed E-state index contributed by atoms with van der Waals surface area (Å²) in [4.78, 5) is 11.9. The standard InChI is InChI=1S/C16H32N2O2/c1-13(2)11-16(8-4-5-9-16)12-17-15(20)18-14(3)7-6-10-19/h13-14,19H,4-12H2,1-3H3,(H2,17,18,20). The third-order valence-corrected chi connectivity index (χ3v) is 4.30. The molecule has 20 heavy (non-hydrogen) atoms. The molecule has 0 bridgehead atoms. The average molecular weight is 284 g/mol. The van der Waals surface area contributed by atoms with Crippen LogP contribution in [0.2, 0.25) is 0 Å². The number of nitrogens with one attached hydrogen (secondary N) is 2. The Labute approximate surface area is 123 Å². The summed E-state index contributed by atoms with van der Waals surface area (Å²) in [5.74, 6) is 0.682. The van der Waals surface area contributed by atoms with Crippen molar-refractivity contribution in [3.05, 3.63) is 0 Å². The van der Waals surface area contributed by atoms with Crippen molar-refractivity contribution in [2.45, 2.75) is 71.8 Å². The normalized spacial score (nSPS) is 19.1. The van der Waals surface area contributed by atoms with Gasteiger partial charge in [0, 0.05) is 19.2 Å². The molecule has 0 aliphatic heterocycles. The molecule has 1 saturated carbocycles. The SMILES string of the molecule is CC(C)CC1(CNC(=O)NC(C)CCCO)CCCC1. The molecule has 0 radical (unpaired) electrons. The van der Waals surface area contributed by atoms with Gasteiger partial charge in [-0.05, 0) is 50.4 Å². The highest BCUT2D eigenvalue weighted by Crippen LogP contribution is 2.42. The lowest BCUT2D eigenvalue weighted by Gasteiger charge is -2.31. The van der Waals surface area contributed by atoms with Gasteiger partial charge < -0.3 is 15.7 Å². The average Bonchev–Trinajstić information content (AvgIpc) is 2.82. The number of amides is 2. The highest BCUT2D eigenvalue weighted by atomic mass is 16.3. The second-order valence-electron chi connectivity index (χ2n) is 6.90. The number of hydrogen-bond donors (Lipinski definition) is 3. The second-order valence-corrected chi connectivity index (χ2v) is 6.90. The van der Waals surface area contributed by atoms with Crippen LogP contribution in [-0.2, 0) is 0 Å². The van der Waals surface area contributed by atoms with Crippen molar-refractivity contribution < 1.29 is 9.90 Å². The topological polar surface area (TPSA) is 61.4 Å². The third kappa shape index (κ3) is 6.12. The zero-order valence-electron chi connectivity index (χ0n) is 13.4. The van der Waals surface area contributed by atoms with Gasteiger partial charge in [-0.2, -0.15) is 0 Å². The molecule has 2 amide bonds. The van der Waals surface area contributed by atoms with E-state index >= 15 is 0 Å². The van der Waals surface area contributed by atoms with E-state index in [1.165, 1.54) is 32.1 Å². The van der Waals surface area contributed by atoms with E-state index in [1.807, 2.05) is 6.92 Å². The van der Waals surface area contributed by atoms with Crippen LogP contribution in [0.3, 0.4) is 0 Å². The minimum absolute atomic E-state index is 0.0644. The van der Waals surface area contributed by atoms with E-state index in [4.69, 9.17) is 5.11 Å². The first-order valence-electron chi connectivity index (χ1n) is 8.13. The van der Waals surface area contributed by atoms with Crippen LogP contribution in [0.1, 0.15) is 65.7 Å². The molecule has 4 nitrogen and oxygen atoms in total. The van der Waals surface area contributed by atoms with E-state index in [2.05, 4.69) is 24.5 Å². The molecule has 0 aromatic carbocycles. The number of rotatable bonds is 8. The van der Waals surface area contributed by atoms with Gasteiger partial charge in [0.2, 0.25) is 0 Å².